The smallest absolute Gasteiger partial charge is 0.262 e. The fraction of sp³-hybridized carbons (Fsp3) is 0.524. The third-order valence-electron chi connectivity index (χ3n) is 6.40. The van der Waals surface area contributed by atoms with Gasteiger partial charge in [-0.25, -0.2) is 13.4 Å². The summed E-state index contributed by atoms with van der Waals surface area (Å²) in [4.78, 5) is 34.1. The second kappa shape index (κ2) is 8.33. The number of amides is 1. The number of carbonyl (C=O) groups is 1. The molecule has 0 N–H and O–H groups in total. The molecule has 1 fully saturated rings. The van der Waals surface area contributed by atoms with Gasteiger partial charge in [0.05, 0.1) is 11.7 Å². The van der Waals surface area contributed by atoms with Gasteiger partial charge in [0, 0.05) is 31.1 Å². The number of nitrogens with zero attached hydrogens (tertiary/aromatic N) is 5. The standard InChI is InChI=1S/C21H25N5O5S2/c1-13-19(14(2)31-23-13)33(29,30)26-9-7-24(8-10-26)17(27)11-25-12-22-20-18(21(25)28)15-5-3-4-6-16(15)32-20/h12H,3-11H2,1-2H3. The quantitative estimate of drug-likeness (QED) is 0.542. The predicted molar refractivity (Wildman–Crippen MR) is 122 cm³/mol. The van der Waals surface area contributed by atoms with Crippen molar-refractivity contribution in [2.75, 3.05) is 26.2 Å². The molecule has 0 unspecified atom stereocenters. The molecule has 4 heterocycles. The van der Waals surface area contributed by atoms with Crippen molar-refractivity contribution >= 4 is 37.5 Å². The molecule has 0 saturated carbocycles. The lowest BCUT2D eigenvalue weighted by Crippen LogP contribution is -2.51. The topological polar surface area (TPSA) is 119 Å². The normalized spacial score (nSPS) is 17.5. The van der Waals surface area contributed by atoms with Gasteiger partial charge in [0.15, 0.2) is 5.76 Å². The van der Waals surface area contributed by atoms with Crippen LogP contribution < -0.4 is 5.56 Å². The molecule has 3 aromatic rings. The van der Waals surface area contributed by atoms with Crippen molar-refractivity contribution in [3.05, 3.63) is 38.6 Å². The van der Waals surface area contributed by atoms with Crippen molar-refractivity contribution in [2.24, 2.45) is 0 Å². The van der Waals surface area contributed by atoms with E-state index >= 15 is 0 Å². The lowest BCUT2D eigenvalue weighted by atomic mass is 9.97. The van der Waals surface area contributed by atoms with Gasteiger partial charge < -0.3 is 9.42 Å². The maximum absolute atomic E-state index is 13.1. The number of thiophene rings is 1. The van der Waals surface area contributed by atoms with Gasteiger partial charge in [-0.05, 0) is 45.1 Å². The lowest BCUT2D eigenvalue weighted by Gasteiger charge is -2.34. The number of hydrogen-bond donors (Lipinski definition) is 0. The second-order valence-corrected chi connectivity index (χ2v) is 11.5. The van der Waals surface area contributed by atoms with Crippen molar-refractivity contribution < 1.29 is 17.7 Å². The van der Waals surface area contributed by atoms with Crippen molar-refractivity contribution in [3.63, 3.8) is 0 Å². The zero-order valence-corrected chi connectivity index (χ0v) is 20.2. The summed E-state index contributed by atoms with van der Waals surface area (Å²) < 4.78 is 33.7. The Labute approximate surface area is 194 Å². The molecule has 10 nitrogen and oxygen atoms in total. The summed E-state index contributed by atoms with van der Waals surface area (Å²) in [5.41, 5.74) is 1.25. The Morgan fingerprint density at radius 2 is 1.88 bits per heavy atom. The number of sulfonamides is 1. The Hall–Kier alpha value is -2.57. The Morgan fingerprint density at radius 1 is 1.15 bits per heavy atom. The van der Waals surface area contributed by atoms with Crippen LogP contribution in [0.4, 0.5) is 0 Å². The predicted octanol–water partition coefficient (Wildman–Crippen LogP) is 1.47. The van der Waals surface area contributed by atoms with E-state index in [1.807, 2.05) is 0 Å². The first-order valence-electron chi connectivity index (χ1n) is 11.0. The first-order valence-corrected chi connectivity index (χ1v) is 13.2. The number of fused-ring (bicyclic) bond motifs is 3. The van der Waals surface area contributed by atoms with E-state index < -0.39 is 10.0 Å². The molecule has 33 heavy (non-hydrogen) atoms. The van der Waals surface area contributed by atoms with Crippen molar-refractivity contribution in [3.8, 4) is 0 Å². The van der Waals surface area contributed by atoms with Crippen LogP contribution in [0.15, 0.2) is 20.5 Å². The molecule has 3 aromatic heterocycles. The first-order chi connectivity index (χ1) is 15.8. The van der Waals surface area contributed by atoms with Crippen LogP contribution in [0.2, 0.25) is 0 Å². The minimum Gasteiger partial charge on any atom is -0.360 e. The Kier molecular flexibility index (Phi) is 5.61. The minimum absolute atomic E-state index is 0.0901. The zero-order chi connectivity index (χ0) is 23.3. The zero-order valence-electron chi connectivity index (χ0n) is 18.5. The molecule has 0 aromatic carbocycles. The molecule has 1 saturated heterocycles. The highest BCUT2D eigenvalue weighted by Gasteiger charge is 2.34. The molecule has 1 amide bonds. The van der Waals surface area contributed by atoms with Gasteiger partial charge >= 0.3 is 0 Å². The van der Waals surface area contributed by atoms with Gasteiger partial charge in [-0.2, -0.15) is 4.31 Å². The van der Waals surface area contributed by atoms with Gasteiger partial charge in [-0.3, -0.25) is 14.2 Å². The fourth-order valence-electron chi connectivity index (χ4n) is 4.69. The Bertz CT molecular complexity index is 1380. The molecule has 2 aliphatic rings. The van der Waals surface area contributed by atoms with E-state index in [0.717, 1.165) is 36.1 Å². The van der Waals surface area contributed by atoms with Crippen molar-refractivity contribution in [1.82, 2.24) is 23.9 Å². The van der Waals surface area contributed by atoms with E-state index in [4.69, 9.17) is 4.52 Å². The highest BCUT2D eigenvalue weighted by molar-refractivity contribution is 7.89. The maximum atomic E-state index is 13.1. The van der Waals surface area contributed by atoms with Crippen molar-refractivity contribution in [1.29, 1.82) is 0 Å². The number of aromatic nitrogens is 3. The third kappa shape index (κ3) is 3.79. The van der Waals surface area contributed by atoms with Crippen molar-refractivity contribution in [2.45, 2.75) is 51.0 Å². The molecule has 0 atom stereocenters. The molecular weight excluding hydrogens is 466 g/mol. The fourth-order valence-corrected chi connectivity index (χ4v) is 7.62. The number of aryl methyl sites for hydroxylation is 4. The molecule has 0 radical (unpaired) electrons. The van der Waals surface area contributed by atoms with Gasteiger partial charge in [-0.1, -0.05) is 5.16 Å². The lowest BCUT2D eigenvalue weighted by molar-refractivity contribution is -0.133. The SMILES string of the molecule is Cc1noc(C)c1S(=O)(=O)N1CCN(C(=O)Cn2cnc3sc4c(c3c2=O)CCCC4)CC1. The van der Waals surface area contributed by atoms with Crippen LogP contribution >= 0.6 is 11.3 Å². The summed E-state index contributed by atoms with van der Waals surface area (Å²) in [6.07, 6.45) is 5.50. The van der Waals surface area contributed by atoms with Gasteiger partial charge in [-0.15, -0.1) is 11.3 Å². The molecule has 1 aliphatic heterocycles. The average molecular weight is 492 g/mol. The van der Waals surface area contributed by atoms with Crippen LogP contribution in [0.1, 0.15) is 34.7 Å². The van der Waals surface area contributed by atoms with E-state index in [0.29, 0.717) is 11.1 Å². The third-order valence-corrected chi connectivity index (χ3v) is 9.75. The minimum atomic E-state index is -3.75. The highest BCUT2D eigenvalue weighted by Crippen LogP contribution is 2.33. The van der Waals surface area contributed by atoms with Crippen LogP contribution in [0.3, 0.4) is 0 Å². The van der Waals surface area contributed by atoms with Gasteiger partial charge in [0.2, 0.25) is 15.9 Å². The summed E-state index contributed by atoms with van der Waals surface area (Å²) >= 11 is 1.58. The first kappa shape index (κ1) is 22.2. The molecule has 0 bridgehead atoms. The summed E-state index contributed by atoms with van der Waals surface area (Å²) in [7, 11) is -3.75. The number of hydrogen-bond acceptors (Lipinski definition) is 8. The van der Waals surface area contributed by atoms with Gasteiger partial charge in [0.25, 0.3) is 5.56 Å². The molecule has 176 valence electrons. The monoisotopic (exact) mass is 491 g/mol. The van der Waals surface area contributed by atoms with E-state index in [1.165, 1.54) is 20.1 Å². The number of rotatable bonds is 4. The summed E-state index contributed by atoms with van der Waals surface area (Å²) in [6, 6.07) is 0. The van der Waals surface area contributed by atoms with E-state index in [2.05, 4.69) is 10.1 Å². The molecular formula is C21H25N5O5S2. The maximum Gasteiger partial charge on any atom is 0.262 e. The highest BCUT2D eigenvalue weighted by atomic mass is 32.2. The van der Waals surface area contributed by atoms with Gasteiger partial charge in [0.1, 0.15) is 22.0 Å². The van der Waals surface area contributed by atoms with E-state index in [-0.39, 0.29) is 54.8 Å². The Balaban J connectivity index is 1.30. The summed E-state index contributed by atoms with van der Waals surface area (Å²) in [5.74, 6) is 0.0284. The van der Waals surface area contributed by atoms with Crippen LogP contribution in [0, 0.1) is 13.8 Å². The number of carbonyl (C=O) groups excluding carboxylic acids is 1. The molecule has 12 heteroatoms. The molecule has 1 aliphatic carbocycles. The van der Waals surface area contributed by atoms with Crippen LogP contribution in [0.5, 0.6) is 0 Å². The van der Waals surface area contributed by atoms with Crippen LogP contribution in [-0.2, 0) is 34.2 Å². The number of piperazine rings is 1. The summed E-state index contributed by atoms with van der Waals surface area (Å²) in [5, 5.41) is 4.39. The van der Waals surface area contributed by atoms with Crippen LogP contribution in [-0.4, -0.2) is 64.4 Å². The Morgan fingerprint density at radius 3 is 2.58 bits per heavy atom. The van der Waals surface area contributed by atoms with Crippen LogP contribution in [0.25, 0.3) is 10.2 Å². The van der Waals surface area contributed by atoms with E-state index in [1.54, 1.807) is 30.1 Å². The summed E-state index contributed by atoms with van der Waals surface area (Å²) in [6.45, 7) is 3.89. The second-order valence-electron chi connectivity index (χ2n) is 8.51. The molecule has 5 rings (SSSR count). The largest absolute Gasteiger partial charge is 0.360 e. The van der Waals surface area contributed by atoms with E-state index in [9.17, 15) is 18.0 Å². The average Bonchev–Trinajstić information content (AvgIpc) is 3.35. The molecule has 0 spiro atoms.